The molecule has 1 atom stereocenters. The molecule has 4 rings (SSSR count). The number of rotatable bonds is 12. The summed E-state index contributed by atoms with van der Waals surface area (Å²) in [6.07, 6.45) is 1.72. The van der Waals surface area contributed by atoms with Gasteiger partial charge >= 0.3 is 11.9 Å². The SMILES string of the molecule is CCOC(=O)COc1ccc(/C=c2\sc3n(c2=O)[C@H](c2ccc(OC)c(OC)c2)C(C(=O)OCC)=C(C)N=3)cc1OCC. The summed E-state index contributed by atoms with van der Waals surface area (Å²) >= 11 is 1.20. The third-order valence-corrected chi connectivity index (χ3v) is 7.44. The first-order chi connectivity index (χ1) is 20.8. The van der Waals surface area contributed by atoms with E-state index >= 15 is 0 Å². The van der Waals surface area contributed by atoms with Crippen LogP contribution in [-0.4, -0.2) is 57.2 Å². The van der Waals surface area contributed by atoms with Crippen molar-refractivity contribution >= 4 is 29.4 Å². The molecule has 12 heteroatoms. The average molecular weight is 611 g/mol. The van der Waals surface area contributed by atoms with Crippen LogP contribution in [-0.2, 0) is 19.1 Å². The van der Waals surface area contributed by atoms with Gasteiger partial charge in [0.2, 0.25) is 0 Å². The fraction of sp³-hybridized carbons (Fsp3) is 0.355. The summed E-state index contributed by atoms with van der Waals surface area (Å²) in [5, 5.41) is 0. The second kappa shape index (κ2) is 14.1. The predicted molar refractivity (Wildman–Crippen MR) is 160 cm³/mol. The van der Waals surface area contributed by atoms with Crippen molar-refractivity contribution < 1.29 is 38.0 Å². The van der Waals surface area contributed by atoms with E-state index < -0.39 is 18.0 Å². The Labute approximate surface area is 252 Å². The number of methoxy groups -OCH3 is 2. The Morgan fingerprint density at radius 1 is 0.907 bits per heavy atom. The fourth-order valence-corrected chi connectivity index (χ4v) is 5.67. The van der Waals surface area contributed by atoms with E-state index in [0.717, 1.165) is 0 Å². The van der Waals surface area contributed by atoms with E-state index in [1.165, 1.54) is 30.1 Å². The summed E-state index contributed by atoms with van der Waals surface area (Å²) < 4.78 is 34.4. The van der Waals surface area contributed by atoms with Crippen molar-refractivity contribution in [1.82, 2.24) is 4.57 Å². The van der Waals surface area contributed by atoms with Crippen LogP contribution in [0.5, 0.6) is 23.0 Å². The van der Waals surface area contributed by atoms with E-state index in [1.54, 1.807) is 63.2 Å². The number of esters is 2. The number of carbonyl (C=O) groups excluding carboxylic acids is 2. The molecule has 0 unspecified atom stereocenters. The monoisotopic (exact) mass is 610 g/mol. The number of nitrogens with zero attached hydrogens (tertiary/aromatic N) is 2. The third kappa shape index (κ3) is 6.75. The zero-order chi connectivity index (χ0) is 31.1. The van der Waals surface area contributed by atoms with Crippen molar-refractivity contribution in [2.45, 2.75) is 33.7 Å². The van der Waals surface area contributed by atoms with Gasteiger partial charge in [-0.25, -0.2) is 14.6 Å². The van der Waals surface area contributed by atoms with E-state index in [0.29, 0.717) is 55.8 Å². The second-order valence-electron chi connectivity index (χ2n) is 9.15. The third-order valence-electron chi connectivity index (χ3n) is 6.46. The summed E-state index contributed by atoms with van der Waals surface area (Å²) in [4.78, 5) is 44.0. The van der Waals surface area contributed by atoms with Gasteiger partial charge in [-0.05, 0) is 69.2 Å². The number of thiazole rings is 1. The van der Waals surface area contributed by atoms with Gasteiger partial charge in [0.15, 0.2) is 34.4 Å². The largest absolute Gasteiger partial charge is 0.493 e. The molecule has 2 heterocycles. The Bertz CT molecular complexity index is 1720. The molecule has 2 aromatic carbocycles. The Balaban J connectivity index is 1.83. The van der Waals surface area contributed by atoms with Crippen LogP contribution in [0.15, 0.2) is 57.5 Å². The molecule has 1 aliphatic heterocycles. The summed E-state index contributed by atoms with van der Waals surface area (Å²) in [5.74, 6) is 0.702. The van der Waals surface area contributed by atoms with Crippen LogP contribution < -0.4 is 33.8 Å². The highest BCUT2D eigenvalue weighted by Crippen LogP contribution is 2.36. The van der Waals surface area contributed by atoms with Crippen molar-refractivity contribution in [3.63, 3.8) is 0 Å². The zero-order valence-electron chi connectivity index (χ0n) is 24.9. The van der Waals surface area contributed by atoms with Crippen LogP contribution in [0.3, 0.4) is 0 Å². The molecule has 3 aromatic rings. The van der Waals surface area contributed by atoms with Gasteiger partial charge in [-0.15, -0.1) is 0 Å². The van der Waals surface area contributed by atoms with Gasteiger partial charge in [0.05, 0.1) is 55.9 Å². The standard InChI is InChI=1S/C31H34N2O9S/c1-7-39-24-14-19(10-12-22(24)42-17-26(34)40-8-2)15-25-29(35)33-28(20-11-13-21(37-5)23(16-20)38-6)27(30(36)41-9-3)18(4)32-31(33)43-25/h10-16,28H,7-9,17H2,1-6H3/b25-15-/t28-/m1/s1. The van der Waals surface area contributed by atoms with Crippen molar-refractivity contribution in [2.24, 2.45) is 4.99 Å². The van der Waals surface area contributed by atoms with Gasteiger partial charge in [-0.3, -0.25) is 9.36 Å². The first kappa shape index (κ1) is 31.4. The number of hydrogen-bond acceptors (Lipinski definition) is 11. The molecule has 0 aliphatic carbocycles. The van der Waals surface area contributed by atoms with Crippen LogP contribution >= 0.6 is 11.3 Å². The lowest BCUT2D eigenvalue weighted by molar-refractivity contribution is -0.145. The van der Waals surface area contributed by atoms with Crippen LogP contribution in [0.2, 0.25) is 0 Å². The quantitative estimate of drug-likeness (QED) is 0.285. The molecule has 0 N–H and O–H groups in total. The van der Waals surface area contributed by atoms with Gasteiger partial charge < -0.3 is 28.4 Å². The lowest BCUT2D eigenvalue weighted by atomic mass is 9.95. The van der Waals surface area contributed by atoms with Crippen molar-refractivity contribution in [3.8, 4) is 23.0 Å². The number of aromatic nitrogens is 1. The summed E-state index contributed by atoms with van der Waals surface area (Å²) in [5.41, 5.74) is 1.67. The molecule has 0 bridgehead atoms. The molecular weight excluding hydrogens is 576 g/mol. The van der Waals surface area contributed by atoms with Gasteiger partial charge in [0, 0.05) is 0 Å². The van der Waals surface area contributed by atoms with Gasteiger partial charge in [-0.2, -0.15) is 0 Å². The van der Waals surface area contributed by atoms with Crippen LogP contribution in [0, 0.1) is 0 Å². The normalized spacial score (nSPS) is 14.5. The zero-order valence-corrected chi connectivity index (χ0v) is 25.7. The Hall–Kier alpha value is -4.58. The molecule has 43 heavy (non-hydrogen) atoms. The van der Waals surface area contributed by atoms with Crippen LogP contribution in [0.25, 0.3) is 6.08 Å². The summed E-state index contributed by atoms with van der Waals surface area (Å²) in [6, 6.07) is 9.58. The minimum Gasteiger partial charge on any atom is -0.493 e. The number of hydrogen-bond donors (Lipinski definition) is 0. The molecule has 0 fully saturated rings. The van der Waals surface area contributed by atoms with Crippen molar-refractivity contribution in [1.29, 1.82) is 0 Å². The highest BCUT2D eigenvalue weighted by Gasteiger charge is 2.34. The Morgan fingerprint density at radius 3 is 2.30 bits per heavy atom. The maximum Gasteiger partial charge on any atom is 0.344 e. The number of allylic oxidation sites excluding steroid dienone is 1. The molecular formula is C31H34N2O9S. The molecule has 0 saturated heterocycles. The Kier molecular flexibility index (Phi) is 10.3. The van der Waals surface area contributed by atoms with Gasteiger partial charge in [0.25, 0.3) is 5.56 Å². The molecule has 1 aromatic heterocycles. The first-order valence-electron chi connectivity index (χ1n) is 13.7. The van der Waals surface area contributed by atoms with E-state index in [1.807, 2.05) is 6.92 Å². The maximum atomic E-state index is 14.0. The van der Waals surface area contributed by atoms with E-state index in [9.17, 15) is 14.4 Å². The van der Waals surface area contributed by atoms with E-state index in [4.69, 9.17) is 28.4 Å². The van der Waals surface area contributed by atoms with Crippen molar-refractivity contribution in [3.05, 3.63) is 78.5 Å². The van der Waals surface area contributed by atoms with Gasteiger partial charge in [0.1, 0.15) is 0 Å². The molecule has 0 spiro atoms. The molecule has 0 radical (unpaired) electrons. The number of ether oxygens (including phenoxy) is 6. The Morgan fingerprint density at radius 2 is 1.63 bits per heavy atom. The second-order valence-corrected chi connectivity index (χ2v) is 10.2. The number of carbonyl (C=O) groups is 2. The summed E-state index contributed by atoms with van der Waals surface area (Å²) in [6.45, 7) is 7.52. The molecule has 0 amide bonds. The number of fused-ring (bicyclic) bond motifs is 1. The molecule has 228 valence electrons. The minimum atomic E-state index is -0.810. The average Bonchev–Trinajstić information content (AvgIpc) is 3.29. The molecule has 0 saturated carbocycles. The van der Waals surface area contributed by atoms with E-state index in [2.05, 4.69) is 4.99 Å². The van der Waals surface area contributed by atoms with Crippen molar-refractivity contribution in [2.75, 3.05) is 40.6 Å². The first-order valence-corrected chi connectivity index (χ1v) is 14.5. The van der Waals surface area contributed by atoms with Crippen LogP contribution in [0.1, 0.15) is 44.9 Å². The topological polar surface area (TPSA) is 124 Å². The summed E-state index contributed by atoms with van der Waals surface area (Å²) in [7, 11) is 3.05. The lowest BCUT2D eigenvalue weighted by Crippen LogP contribution is -2.40. The lowest BCUT2D eigenvalue weighted by Gasteiger charge is -2.25. The van der Waals surface area contributed by atoms with Gasteiger partial charge in [-0.1, -0.05) is 23.5 Å². The highest BCUT2D eigenvalue weighted by molar-refractivity contribution is 7.07. The van der Waals surface area contributed by atoms with Crippen LogP contribution in [0.4, 0.5) is 0 Å². The fourth-order valence-electron chi connectivity index (χ4n) is 4.62. The molecule has 1 aliphatic rings. The maximum absolute atomic E-state index is 14.0. The highest BCUT2D eigenvalue weighted by atomic mass is 32.1. The number of benzene rings is 2. The van der Waals surface area contributed by atoms with E-state index in [-0.39, 0.29) is 31.0 Å². The minimum absolute atomic E-state index is 0.167. The smallest absolute Gasteiger partial charge is 0.344 e. The predicted octanol–water partition coefficient (Wildman–Crippen LogP) is 3.16. The molecule has 11 nitrogen and oxygen atoms in total.